The van der Waals surface area contributed by atoms with Crippen molar-refractivity contribution in [2.45, 2.75) is 37.3 Å². The lowest BCUT2D eigenvalue weighted by Gasteiger charge is -2.38. The lowest BCUT2D eigenvalue weighted by atomic mass is 9.87. The van der Waals surface area contributed by atoms with Gasteiger partial charge in [-0.25, -0.2) is 8.78 Å². The summed E-state index contributed by atoms with van der Waals surface area (Å²) in [5.74, 6) is -0.471. The molecule has 0 saturated carbocycles. The third-order valence-corrected chi connectivity index (χ3v) is 7.67. The molecule has 1 saturated heterocycles. The molecular formula is C30H35Cl2F2N3O3. The second-order valence-corrected chi connectivity index (χ2v) is 10.2. The van der Waals surface area contributed by atoms with Crippen LogP contribution in [-0.2, 0) is 4.74 Å². The molecule has 0 aliphatic carbocycles. The number of hydrogen-bond acceptors (Lipinski definition) is 5. The first-order chi connectivity index (χ1) is 18.8. The SMILES string of the molecule is COc1cc(N)c(Cl)cc1C(=O)N[C@@H]1CCN(CCCC(c2ccc(F)cc2)c2ccc(F)cc2)C[C@H]1OC.Cl. The molecule has 1 amide bonds. The Balaban J connectivity index is 0.00000441. The van der Waals surface area contributed by atoms with Crippen LogP contribution in [0.1, 0.15) is 46.7 Å². The molecular weight excluding hydrogens is 559 g/mol. The van der Waals surface area contributed by atoms with Crippen molar-refractivity contribution >= 4 is 35.6 Å². The normalized spacial score (nSPS) is 17.4. The van der Waals surface area contributed by atoms with Crippen LogP contribution in [0.5, 0.6) is 5.75 Å². The fourth-order valence-corrected chi connectivity index (χ4v) is 5.35. The van der Waals surface area contributed by atoms with Crippen molar-refractivity contribution in [3.05, 3.63) is 94.0 Å². The molecule has 3 aromatic carbocycles. The summed E-state index contributed by atoms with van der Waals surface area (Å²) >= 11 is 6.14. The lowest BCUT2D eigenvalue weighted by Crippen LogP contribution is -2.54. The average molecular weight is 595 g/mol. The molecule has 2 atom stereocenters. The summed E-state index contributed by atoms with van der Waals surface area (Å²) in [5, 5.41) is 3.36. The first-order valence-corrected chi connectivity index (χ1v) is 13.4. The molecule has 216 valence electrons. The van der Waals surface area contributed by atoms with Gasteiger partial charge in [-0.1, -0.05) is 35.9 Å². The van der Waals surface area contributed by atoms with Gasteiger partial charge in [-0.05, 0) is 67.3 Å². The number of nitrogens with two attached hydrogens (primary N) is 1. The number of rotatable bonds is 10. The quantitative estimate of drug-likeness (QED) is 0.279. The van der Waals surface area contributed by atoms with Gasteiger partial charge in [0.15, 0.2) is 0 Å². The van der Waals surface area contributed by atoms with Gasteiger partial charge in [-0.15, -0.1) is 12.4 Å². The number of nitrogens with one attached hydrogen (secondary N) is 1. The average Bonchev–Trinajstić information content (AvgIpc) is 2.94. The van der Waals surface area contributed by atoms with E-state index in [1.54, 1.807) is 37.4 Å². The summed E-state index contributed by atoms with van der Waals surface area (Å²) < 4.78 is 38.2. The lowest BCUT2D eigenvalue weighted by molar-refractivity contribution is 0.00593. The predicted molar refractivity (Wildman–Crippen MR) is 157 cm³/mol. The monoisotopic (exact) mass is 593 g/mol. The number of ether oxygens (including phenoxy) is 2. The van der Waals surface area contributed by atoms with E-state index in [1.807, 2.05) is 0 Å². The standard InChI is InChI=1S/C30H34ClF2N3O3.ClH/c1-38-28-17-26(34)25(31)16-24(28)30(37)35-27-13-15-36(18-29(27)39-2)14-3-4-23(19-5-9-21(32)10-6-19)20-7-11-22(33)12-8-20;/h5-12,16-17,23,27,29H,3-4,13-15,18,34H2,1-2H3,(H,35,37);1H/t27-,29-;/m1./s1. The van der Waals surface area contributed by atoms with Crippen molar-refractivity contribution in [1.82, 2.24) is 10.2 Å². The van der Waals surface area contributed by atoms with Crippen molar-refractivity contribution in [3.63, 3.8) is 0 Å². The smallest absolute Gasteiger partial charge is 0.255 e. The number of nitrogens with zero attached hydrogens (tertiary/aromatic N) is 1. The number of piperidine rings is 1. The summed E-state index contributed by atoms with van der Waals surface area (Å²) in [6.45, 7) is 2.29. The first kappa shape index (κ1) is 31.6. The van der Waals surface area contributed by atoms with Crippen LogP contribution in [0, 0.1) is 11.6 Å². The molecule has 1 aliphatic heterocycles. The van der Waals surface area contributed by atoms with E-state index in [1.165, 1.54) is 37.4 Å². The van der Waals surface area contributed by atoms with Crippen LogP contribution in [0.25, 0.3) is 0 Å². The Morgan fingerprint density at radius 2 is 1.68 bits per heavy atom. The van der Waals surface area contributed by atoms with Crippen LogP contribution in [0.4, 0.5) is 14.5 Å². The van der Waals surface area contributed by atoms with Crippen molar-refractivity contribution in [1.29, 1.82) is 0 Å². The van der Waals surface area contributed by atoms with Gasteiger partial charge in [0.05, 0.1) is 35.5 Å². The zero-order valence-corrected chi connectivity index (χ0v) is 24.1. The molecule has 3 aromatic rings. The van der Waals surface area contributed by atoms with Crippen LogP contribution in [0.2, 0.25) is 5.02 Å². The number of carbonyl (C=O) groups is 1. The van der Waals surface area contributed by atoms with Gasteiger partial charge in [0.1, 0.15) is 17.4 Å². The van der Waals surface area contributed by atoms with Gasteiger partial charge < -0.3 is 25.4 Å². The van der Waals surface area contributed by atoms with Crippen LogP contribution >= 0.6 is 24.0 Å². The Hall–Kier alpha value is -2.91. The van der Waals surface area contributed by atoms with E-state index >= 15 is 0 Å². The van der Waals surface area contributed by atoms with Crippen molar-refractivity contribution < 1.29 is 23.0 Å². The highest BCUT2D eigenvalue weighted by Gasteiger charge is 2.31. The van der Waals surface area contributed by atoms with Gasteiger partial charge in [0, 0.05) is 32.2 Å². The number of halogens is 4. The largest absolute Gasteiger partial charge is 0.496 e. The number of benzene rings is 3. The van der Waals surface area contributed by atoms with Gasteiger partial charge in [-0.2, -0.15) is 0 Å². The maximum absolute atomic E-state index is 13.5. The zero-order valence-electron chi connectivity index (χ0n) is 22.5. The fourth-order valence-electron chi connectivity index (χ4n) is 5.18. The van der Waals surface area contributed by atoms with Crippen molar-refractivity contribution in [2.75, 3.05) is 39.6 Å². The molecule has 0 unspecified atom stereocenters. The Kier molecular flexibility index (Phi) is 11.6. The number of likely N-dealkylation sites (tertiary alicyclic amines) is 1. The van der Waals surface area contributed by atoms with Gasteiger partial charge in [0.25, 0.3) is 5.91 Å². The third-order valence-electron chi connectivity index (χ3n) is 7.34. The first-order valence-electron chi connectivity index (χ1n) is 13.0. The van der Waals surface area contributed by atoms with Crippen LogP contribution in [0.3, 0.4) is 0 Å². The highest BCUT2D eigenvalue weighted by atomic mass is 35.5. The van der Waals surface area contributed by atoms with E-state index in [9.17, 15) is 13.6 Å². The molecule has 0 spiro atoms. The van der Waals surface area contributed by atoms with E-state index in [4.69, 9.17) is 26.8 Å². The van der Waals surface area contributed by atoms with Crippen LogP contribution < -0.4 is 15.8 Å². The molecule has 1 fully saturated rings. The third kappa shape index (κ3) is 7.85. The highest BCUT2D eigenvalue weighted by molar-refractivity contribution is 6.33. The van der Waals surface area contributed by atoms with E-state index < -0.39 is 0 Å². The summed E-state index contributed by atoms with van der Waals surface area (Å²) in [6.07, 6.45) is 2.23. The second-order valence-electron chi connectivity index (χ2n) is 9.82. The summed E-state index contributed by atoms with van der Waals surface area (Å²) in [6, 6.07) is 15.9. The van der Waals surface area contributed by atoms with Gasteiger partial charge in [-0.3, -0.25) is 4.79 Å². The minimum atomic E-state index is -0.296. The molecule has 0 radical (unpaired) electrons. The Labute approximate surface area is 245 Å². The number of methoxy groups -OCH3 is 2. The van der Waals surface area contributed by atoms with E-state index in [0.717, 1.165) is 37.1 Å². The van der Waals surface area contributed by atoms with Crippen LogP contribution in [-0.4, -0.2) is 56.8 Å². The fraction of sp³-hybridized carbons (Fsp3) is 0.367. The maximum atomic E-state index is 13.5. The summed E-state index contributed by atoms with van der Waals surface area (Å²) in [7, 11) is 3.12. The molecule has 0 bridgehead atoms. The molecule has 40 heavy (non-hydrogen) atoms. The number of amides is 1. The number of hydrogen-bond donors (Lipinski definition) is 2. The number of anilines is 1. The molecule has 1 heterocycles. The molecule has 3 N–H and O–H groups in total. The minimum Gasteiger partial charge on any atom is -0.496 e. The number of nitrogen functional groups attached to an aromatic ring is 1. The van der Waals surface area contributed by atoms with E-state index in [0.29, 0.717) is 35.0 Å². The Bertz CT molecular complexity index is 1220. The van der Waals surface area contributed by atoms with Gasteiger partial charge in [0.2, 0.25) is 0 Å². The zero-order chi connectivity index (χ0) is 27.9. The minimum absolute atomic E-state index is 0. The van der Waals surface area contributed by atoms with E-state index in [2.05, 4.69) is 10.2 Å². The molecule has 10 heteroatoms. The topological polar surface area (TPSA) is 76.8 Å². The predicted octanol–water partition coefficient (Wildman–Crippen LogP) is 6.06. The molecule has 4 rings (SSSR count). The highest BCUT2D eigenvalue weighted by Crippen LogP contribution is 2.31. The maximum Gasteiger partial charge on any atom is 0.255 e. The van der Waals surface area contributed by atoms with Crippen molar-refractivity contribution in [3.8, 4) is 5.75 Å². The Morgan fingerprint density at radius 1 is 1.07 bits per heavy atom. The van der Waals surface area contributed by atoms with Gasteiger partial charge >= 0.3 is 0 Å². The summed E-state index contributed by atoms with van der Waals surface area (Å²) in [5.41, 5.74) is 8.50. The molecule has 0 aromatic heterocycles. The molecule has 1 aliphatic rings. The molecule has 6 nitrogen and oxygen atoms in total. The van der Waals surface area contributed by atoms with Crippen LogP contribution in [0.15, 0.2) is 60.7 Å². The van der Waals surface area contributed by atoms with Crippen molar-refractivity contribution in [2.24, 2.45) is 0 Å². The summed E-state index contributed by atoms with van der Waals surface area (Å²) in [4.78, 5) is 15.4. The van der Waals surface area contributed by atoms with E-state index in [-0.39, 0.29) is 48.0 Å². The second kappa shape index (κ2) is 14.6. The number of carbonyl (C=O) groups excluding carboxylic acids is 1. The Morgan fingerprint density at radius 3 is 2.23 bits per heavy atom.